The molecule has 0 saturated heterocycles. The van der Waals surface area contributed by atoms with E-state index in [1.807, 2.05) is 0 Å². The predicted molar refractivity (Wildman–Crippen MR) is 75.0 cm³/mol. The summed E-state index contributed by atoms with van der Waals surface area (Å²) in [6.45, 7) is 0.842. The Morgan fingerprint density at radius 2 is 1.84 bits per heavy atom. The number of hydrogen-bond donors (Lipinski definition) is 2. The van der Waals surface area contributed by atoms with Crippen LogP contribution in [-0.4, -0.2) is 12.6 Å². The summed E-state index contributed by atoms with van der Waals surface area (Å²) in [7, 11) is 0. The minimum Gasteiger partial charge on any atom is -0.496 e. The van der Waals surface area contributed by atoms with E-state index in [1.165, 1.54) is 44.9 Å². The van der Waals surface area contributed by atoms with E-state index in [9.17, 15) is 0 Å². The number of hydrogen-bond acceptors (Lipinski definition) is 3. The summed E-state index contributed by atoms with van der Waals surface area (Å²) in [5.41, 5.74) is 3.59. The molecule has 1 unspecified atom stereocenters. The van der Waals surface area contributed by atoms with E-state index in [-0.39, 0.29) is 6.04 Å². The molecule has 1 atom stereocenters. The highest BCUT2D eigenvalue weighted by atomic mass is 16.5. The van der Waals surface area contributed by atoms with Gasteiger partial charge in [0.25, 0.3) is 0 Å². The third kappa shape index (κ3) is 2.11. The van der Waals surface area contributed by atoms with Crippen molar-refractivity contribution in [3.05, 3.63) is 11.8 Å². The fourth-order valence-corrected chi connectivity index (χ4v) is 5.89. The van der Waals surface area contributed by atoms with Gasteiger partial charge in [0.1, 0.15) is 5.76 Å². The monoisotopic (exact) mass is 262 g/mol. The van der Waals surface area contributed by atoms with Gasteiger partial charge in [-0.25, -0.2) is 5.43 Å². The van der Waals surface area contributed by atoms with Crippen LogP contribution in [0.4, 0.5) is 0 Å². The highest BCUT2D eigenvalue weighted by Crippen LogP contribution is 2.61. The molecule has 4 aliphatic carbocycles. The zero-order chi connectivity index (χ0) is 12.9. The van der Waals surface area contributed by atoms with E-state index >= 15 is 0 Å². The highest BCUT2D eigenvalue weighted by molar-refractivity contribution is 5.11. The molecule has 19 heavy (non-hydrogen) atoms. The first-order chi connectivity index (χ1) is 9.26. The lowest BCUT2D eigenvalue weighted by Crippen LogP contribution is -2.50. The summed E-state index contributed by atoms with van der Waals surface area (Å²) in [5, 5.41) is 0. The van der Waals surface area contributed by atoms with Gasteiger partial charge in [0.05, 0.1) is 12.6 Å². The number of hydrazine groups is 1. The molecule has 0 aromatic carbocycles. The van der Waals surface area contributed by atoms with Crippen LogP contribution >= 0.6 is 0 Å². The maximum Gasteiger partial charge on any atom is 0.110 e. The van der Waals surface area contributed by atoms with Crippen LogP contribution in [0.1, 0.15) is 51.4 Å². The van der Waals surface area contributed by atoms with Gasteiger partial charge in [-0.1, -0.05) is 0 Å². The highest BCUT2D eigenvalue weighted by Gasteiger charge is 2.51. The third-order valence-electron chi connectivity index (χ3n) is 6.08. The average molecular weight is 262 g/mol. The van der Waals surface area contributed by atoms with Crippen LogP contribution in [0.5, 0.6) is 0 Å². The minimum absolute atomic E-state index is 0.249. The van der Waals surface area contributed by atoms with E-state index in [4.69, 9.17) is 10.6 Å². The van der Waals surface area contributed by atoms with Crippen molar-refractivity contribution in [3.8, 4) is 0 Å². The molecule has 0 radical (unpaired) electrons. The van der Waals surface area contributed by atoms with Gasteiger partial charge in [0, 0.05) is 6.42 Å². The van der Waals surface area contributed by atoms with Crippen molar-refractivity contribution < 1.29 is 4.74 Å². The largest absolute Gasteiger partial charge is 0.496 e. The van der Waals surface area contributed by atoms with Crippen LogP contribution < -0.4 is 11.3 Å². The summed E-state index contributed by atoms with van der Waals surface area (Å²) in [6.07, 6.45) is 13.4. The molecule has 4 fully saturated rings. The molecule has 5 rings (SSSR count). The summed E-state index contributed by atoms with van der Waals surface area (Å²) < 4.78 is 5.74. The van der Waals surface area contributed by atoms with Crippen LogP contribution in [0, 0.1) is 23.2 Å². The number of ether oxygens (including phenoxy) is 1. The summed E-state index contributed by atoms with van der Waals surface area (Å²) in [6, 6.07) is 0.249. The molecular weight excluding hydrogens is 236 g/mol. The van der Waals surface area contributed by atoms with E-state index in [2.05, 4.69) is 11.5 Å². The Bertz CT molecular complexity index is 355. The van der Waals surface area contributed by atoms with Gasteiger partial charge in [-0.15, -0.1) is 0 Å². The van der Waals surface area contributed by atoms with Crippen molar-refractivity contribution in [2.45, 2.75) is 57.4 Å². The normalized spacial score (nSPS) is 45.1. The molecule has 4 saturated carbocycles. The summed E-state index contributed by atoms with van der Waals surface area (Å²) >= 11 is 0. The van der Waals surface area contributed by atoms with Crippen molar-refractivity contribution >= 4 is 0 Å². The Morgan fingerprint density at radius 3 is 2.32 bits per heavy atom. The second-order valence-corrected chi connectivity index (χ2v) is 7.58. The zero-order valence-corrected chi connectivity index (χ0v) is 11.7. The molecule has 4 bridgehead atoms. The third-order valence-corrected chi connectivity index (χ3v) is 6.08. The van der Waals surface area contributed by atoms with Crippen molar-refractivity contribution in [3.63, 3.8) is 0 Å². The molecule has 0 spiro atoms. The first-order valence-corrected chi connectivity index (χ1v) is 8.05. The van der Waals surface area contributed by atoms with Crippen LogP contribution in [0.15, 0.2) is 11.8 Å². The molecule has 0 amide bonds. The molecule has 5 aliphatic rings. The summed E-state index contributed by atoms with van der Waals surface area (Å²) in [5.74, 6) is 9.97. The van der Waals surface area contributed by atoms with E-state index in [0.29, 0.717) is 5.41 Å². The second-order valence-electron chi connectivity index (χ2n) is 7.58. The Balaban J connectivity index is 1.52. The van der Waals surface area contributed by atoms with Crippen molar-refractivity contribution in [2.24, 2.45) is 29.0 Å². The molecule has 3 N–H and O–H groups in total. The van der Waals surface area contributed by atoms with Crippen molar-refractivity contribution in [1.82, 2.24) is 5.43 Å². The zero-order valence-electron chi connectivity index (χ0n) is 11.7. The van der Waals surface area contributed by atoms with Crippen LogP contribution in [0.3, 0.4) is 0 Å². The number of rotatable bonds is 4. The molecule has 3 heteroatoms. The Morgan fingerprint density at radius 1 is 1.21 bits per heavy atom. The van der Waals surface area contributed by atoms with Gasteiger partial charge in [-0.2, -0.15) is 0 Å². The maximum absolute atomic E-state index is 5.81. The molecule has 0 aromatic heterocycles. The SMILES string of the molecule is NNC(CC12CC3CC(CC(C3)C1)C2)C1=CCCO1. The van der Waals surface area contributed by atoms with E-state index in [0.717, 1.165) is 36.5 Å². The average Bonchev–Trinajstić information content (AvgIpc) is 2.88. The van der Waals surface area contributed by atoms with Crippen molar-refractivity contribution in [2.75, 3.05) is 6.61 Å². The van der Waals surface area contributed by atoms with E-state index in [1.54, 1.807) is 0 Å². The van der Waals surface area contributed by atoms with Gasteiger partial charge < -0.3 is 4.74 Å². The standard InChI is InChI=1S/C16H26N2O/c17-18-14(15-2-1-3-19-15)10-16-7-11-4-12(8-16)6-13(5-11)9-16/h2,11-14,18H,1,3-10,17H2. The summed E-state index contributed by atoms with van der Waals surface area (Å²) in [4.78, 5) is 0. The molecular formula is C16H26N2O. The maximum atomic E-state index is 5.81. The fraction of sp³-hybridized carbons (Fsp3) is 0.875. The Labute approximate surface area is 115 Å². The molecule has 1 aliphatic heterocycles. The first kappa shape index (κ1) is 12.2. The number of nitrogens with two attached hydrogens (primary N) is 1. The number of nitrogens with one attached hydrogen (secondary N) is 1. The van der Waals surface area contributed by atoms with Gasteiger partial charge >= 0.3 is 0 Å². The molecule has 3 nitrogen and oxygen atoms in total. The van der Waals surface area contributed by atoms with Gasteiger partial charge in [-0.05, 0) is 74.2 Å². The smallest absolute Gasteiger partial charge is 0.110 e. The second kappa shape index (κ2) is 4.49. The predicted octanol–water partition coefficient (Wildman–Crippen LogP) is 2.73. The lowest BCUT2D eigenvalue weighted by molar-refractivity contribution is -0.0623. The minimum atomic E-state index is 0.249. The van der Waals surface area contributed by atoms with E-state index < -0.39 is 0 Å². The Hall–Kier alpha value is -0.540. The molecule has 106 valence electrons. The fourth-order valence-electron chi connectivity index (χ4n) is 5.89. The first-order valence-electron chi connectivity index (χ1n) is 8.05. The lowest BCUT2D eigenvalue weighted by Gasteiger charge is -2.57. The Kier molecular flexibility index (Phi) is 2.89. The van der Waals surface area contributed by atoms with Crippen LogP contribution in [0.2, 0.25) is 0 Å². The quantitative estimate of drug-likeness (QED) is 0.605. The molecule has 1 heterocycles. The van der Waals surface area contributed by atoms with Gasteiger partial charge in [-0.3, -0.25) is 5.84 Å². The van der Waals surface area contributed by atoms with Crippen LogP contribution in [-0.2, 0) is 4.74 Å². The van der Waals surface area contributed by atoms with Crippen LogP contribution in [0.25, 0.3) is 0 Å². The molecule has 0 aromatic rings. The lowest BCUT2D eigenvalue weighted by atomic mass is 9.48. The van der Waals surface area contributed by atoms with Gasteiger partial charge in [0.15, 0.2) is 0 Å². The van der Waals surface area contributed by atoms with Gasteiger partial charge in [0.2, 0.25) is 0 Å². The topological polar surface area (TPSA) is 47.3 Å². The van der Waals surface area contributed by atoms with Crippen molar-refractivity contribution in [1.29, 1.82) is 0 Å².